The lowest BCUT2D eigenvalue weighted by atomic mass is 9.84. The molecule has 2 aliphatic rings. The van der Waals surface area contributed by atoms with Crippen LogP contribution in [0.1, 0.15) is 20.8 Å². The van der Waals surface area contributed by atoms with Gasteiger partial charge < -0.3 is 10.2 Å². The van der Waals surface area contributed by atoms with Crippen molar-refractivity contribution in [1.82, 2.24) is 10.2 Å². The molecule has 0 unspecified atom stereocenters. The molecular weight excluding hydrogens is 208 g/mol. The normalized spacial score (nSPS) is 34.7. The number of amides is 2. The molecule has 2 amide bonds. The monoisotopic (exact) mass is 228 g/mol. The molecule has 0 bridgehead atoms. The summed E-state index contributed by atoms with van der Waals surface area (Å²) >= 11 is 2.03. The van der Waals surface area contributed by atoms with E-state index in [1.165, 1.54) is 11.5 Å². The molecule has 4 heteroatoms. The first kappa shape index (κ1) is 11.1. The van der Waals surface area contributed by atoms with Gasteiger partial charge in [-0.15, -0.1) is 0 Å². The van der Waals surface area contributed by atoms with Crippen LogP contribution in [0.25, 0.3) is 0 Å². The van der Waals surface area contributed by atoms with Crippen molar-refractivity contribution in [2.24, 2.45) is 11.3 Å². The van der Waals surface area contributed by atoms with Gasteiger partial charge in [0.05, 0.1) is 0 Å². The van der Waals surface area contributed by atoms with E-state index in [4.69, 9.17) is 0 Å². The molecule has 0 aliphatic carbocycles. The van der Waals surface area contributed by atoms with Crippen LogP contribution in [-0.2, 0) is 0 Å². The van der Waals surface area contributed by atoms with Crippen molar-refractivity contribution in [3.63, 3.8) is 0 Å². The Labute approximate surface area is 96.0 Å². The Bertz CT molecular complexity index is 269. The third-order valence-corrected chi connectivity index (χ3v) is 4.93. The van der Waals surface area contributed by atoms with Gasteiger partial charge in [0.15, 0.2) is 0 Å². The van der Waals surface area contributed by atoms with Crippen molar-refractivity contribution in [3.05, 3.63) is 0 Å². The SMILES string of the molecule is CC(C)NC(=O)N1C[C@@H]2CSC[C@]2(C)C1. The molecule has 15 heavy (non-hydrogen) atoms. The van der Waals surface area contributed by atoms with Crippen LogP contribution in [0, 0.1) is 11.3 Å². The van der Waals surface area contributed by atoms with Crippen molar-refractivity contribution in [2.45, 2.75) is 26.8 Å². The summed E-state index contributed by atoms with van der Waals surface area (Å²) in [6.45, 7) is 8.21. The molecule has 2 atom stereocenters. The van der Waals surface area contributed by atoms with Crippen LogP contribution in [0.15, 0.2) is 0 Å². The fourth-order valence-corrected chi connectivity index (χ4v) is 4.16. The van der Waals surface area contributed by atoms with Gasteiger partial charge in [-0.3, -0.25) is 0 Å². The smallest absolute Gasteiger partial charge is 0.317 e. The molecule has 0 aromatic heterocycles. The minimum absolute atomic E-state index is 0.116. The third-order valence-electron chi connectivity index (χ3n) is 3.43. The summed E-state index contributed by atoms with van der Waals surface area (Å²) in [4.78, 5) is 13.8. The van der Waals surface area contributed by atoms with E-state index in [2.05, 4.69) is 12.2 Å². The maximum absolute atomic E-state index is 11.8. The fourth-order valence-electron chi connectivity index (χ4n) is 2.46. The number of fused-ring (bicyclic) bond motifs is 1. The van der Waals surface area contributed by atoms with Gasteiger partial charge >= 0.3 is 6.03 Å². The highest BCUT2D eigenvalue weighted by Crippen LogP contribution is 2.45. The molecular formula is C11H20N2OS. The second kappa shape index (κ2) is 3.89. The number of thioether (sulfide) groups is 1. The minimum atomic E-state index is 0.116. The molecule has 86 valence electrons. The van der Waals surface area contributed by atoms with Crippen LogP contribution < -0.4 is 5.32 Å². The number of hydrogen-bond acceptors (Lipinski definition) is 2. The fraction of sp³-hybridized carbons (Fsp3) is 0.909. The molecule has 0 saturated carbocycles. The summed E-state index contributed by atoms with van der Waals surface area (Å²) in [5.74, 6) is 3.14. The van der Waals surface area contributed by atoms with Gasteiger partial charge in [-0.1, -0.05) is 6.92 Å². The quantitative estimate of drug-likeness (QED) is 0.742. The van der Waals surface area contributed by atoms with Gasteiger partial charge in [0, 0.05) is 24.9 Å². The number of carbonyl (C=O) groups excluding carboxylic acids is 1. The Hall–Kier alpha value is -0.380. The lowest BCUT2D eigenvalue weighted by Crippen LogP contribution is -2.42. The molecule has 2 saturated heterocycles. The number of likely N-dealkylation sites (tertiary alicyclic amines) is 1. The number of nitrogens with one attached hydrogen (secondary N) is 1. The lowest BCUT2D eigenvalue weighted by molar-refractivity contribution is 0.201. The highest BCUT2D eigenvalue weighted by atomic mass is 32.2. The summed E-state index contributed by atoms with van der Waals surface area (Å²) in [7, 11) is 0. The van der Waals surface area contributed by atoms with Crippen LogP contribution in [-0.4, -0.2) is 41.6 Å². The Kier molecular flexibility index (Phi) is 2.88. The first-order valence-electron chi connectivity index (χ1n) is 5.64. The summed E-state index contributed by atoms with van der Waals surface area (Å²) in [6, 6.07) is 0.353. The van der Waals surface area contributed by atoms with Gasteiger partial charge in [-0.05, 0) is 30.9 Å². The van der Waals surface area contributed by atoms with Crippen LogP contribution >= 0.6 is 11.8 Å². The summed E-state index contributed by atoms with van der Waals surface area (Å²) in [5.41, 5.74) is 0.374. The van der Waals surface area contributed by atoms with Crippen LogP contribution in [0.4, 0.5) is 4.79 Å². The zero-order valence-corrected chi connectivity index (χ0v) is 10.6. The Morgan fingerprint density at radius 2 is 2.33 bits per heavy atom. The summed E-state index contributed by atoms with van der Waals surface area (Å²) in [5, 5.41) is 2.97. The van der Waals surface area contributed by atoms with E-state index < -0.39 is 0 Å². The van der Waals surface area contributed by atoms with Crippen molar-refractivity contribution in [3.8, 4) is 0 Å². The molecule has 1 N–H and O–H groups in total. The Balaban J connectivity index is 1.95. The highest BCUT2D eigenvalue weighted by Gasteiger charge is 2.47. The number of carbonyl (C=O) groups is 1. The van der Waals surface area contributed by atoms with Crippen LogP contribution in [0.5, 0.6) is 0 Å². The molecule has 2 heterocycles. The van der Waals surface area contributed by atoms with Gasteiger partial charge in [0.25, 0.3) is 0 Å². The van der Waals surface area contributed by atoms with E-state index in [0.717, 1.165) is 13.1 Å². The maximum atomic E-state index is 11.8. The van der Waals surface area contributed by atoms with E-state index >= 15 is 0 Å². The Morgan fingerprint density at radius 1 is 1.60 bits per heavy atom. The predicted molar refractivity (Wildman–Crippen MR) is 64.2 cm³/mol. The van der Waals surface area contributed by atoms with E-state index in [9.17, 15) is 4.79 Å². The second-order valence-electron chi connectivity index (χ2n) is 5.35. The maximum Gasteiger partial charge on any atom is 0.317 e. The number of hydrogen-bond donors (Lipinski definition) is 1. The zero-order chi connectivity index (χ0) is 11.1. The first-order valence-corrected chi connectivity index (χ1v) is 6.80. The van der Waals surface area contributed by atoms with Gasteiger partial charge in [-0.25, -0.2) is 4.79 Å². The topological polar surface area (TPSA) is 32.3 Å². The highest BCUT2D eigenvalue weighted by molar-refractivity contribution is 7.99. The van der Waals surface area contributed by atoms with Crippen molar-refractivity contribution >= 4 is 17.8 Å². The minimum Gasteiger partial charge on any atom is -0.336 e. The average molecular weight is 228 g/mol. The van der Waals surface area contributed by atoms with Gasteiger partial charge in [-0.2, -0.15) is 11.8 Å². The molecule has 2 fully saturated rings. The summed E-state index contributed by atoms with van der Waals surface area (Å²) in [6.07, 6.45) is 0. The molecule has 0 radical (unpaired) electrons. The summed E-state index contributed by atoms with van der Waals surface area (Å²) < 4.78 is 0. The van der Waals surface area contributed by atoms with Crippen molar-refractivity contribution < 1.29 is 4.79 Å². The largest absolute Gasteiger partial charge is 0.336 e. The molecule has 2 rings (SSSR count). The van der Waals surface area contributed by atoms with E-state index in [1.54, 1.807) is 0 Å². The predicted octanol–water partition coefficient (Wildman–Crippen LogP) is 1.79. The molecule has 0 aromatic carbocycles. The standard InChI is InChI=1S/C11H20N2OS/c1-8(2)12-10(14)13-4-9-5-15-7-11(9,3)6-13/h8-9H,4-7H2,1-3H3,(H,12,14)/t9-,11+/m1/s1. The number of rotatable bonds is 1. The number of urea groups is 1. The van der Waals surface area contributed by atoms with E-state index in [0.29, 0.717) is 11.3 Å². The number of nitrogens with zero attached hydrogens (tertiary/aromatic N) is 1. The average Bonchev–Trinajstić information content (AvgIpc) is 2.57. The van der Waals surface area contributed by atoms with Gasteiger partial charge in [0.2, 0.25) is 0 Å². The van der Waals surface area contributed by atoms with Crippen LogP contribution in [0.2, 0.25) is 0 Å². The first-order chi connectivity index (χ1) is 7.01. The van der Waals surface area contributed by atoms with Crippen molar-refractivity contribution in [1.29, 1.82) is 0 Å². The van der Waals surface area contributed by atoms with Crippen molar-refractivity contribution in [2.75, 3.05) is 24.6 Å². The zero-order valence-electron chi connectivity index (χ0n) is 9.75. The van der Waals surface area contributed by atoms with Gasteiger partial charge in [0.1, 0.15) is 0 Å². The van der Waals surface area contributed by atoms with E-state index in [-0.39, 0.29) is 12.1 Å². The molecule has 2 aliphatic heterocycles. The molecule has 0 aromatic rings. The van der Waals surface area contributed by atoms with E-state index in [1.807, 2.05) is 30.5 Å². The Morgan fingerprint density at radius 3 is 2.93 bits per heavy atom. The van der Waals surface area contributed by atoms with Crippen LogP contribution in [0.3, 0.4) is 0 Å². The molecule has 0 spiro atoms. The molecule has 3 nitrogen and oxygen atoms in total. The lowest BCUT2D eigenvalue weighted by Gasteiger charge is -2.23. The third kappa shape index (κ3) is 2.10. The second-order valence-corrected chi connectivity index (χ2v) is 6.38.